The molecule has 12 N–H and O–H groups in total. The first-order chi connectivity index (χ1) is 23.9. The number of fused-ring (bicyclic) bond motifs is 2. The largest absolute Gasteiger partial charge is 0.480 e. The number of carbonyl (C=O) groups is 6. The molecule has 6 unspecified atom stereocenters. The Morgan fingerprint density at radius 1 is 0.640 bits per heavy atom. The Morgan fingerprint density at radius 3 is 1.42 bits per heavy atom. The SMILES string of the molecule is NC(CCCCNC(=O)CCCCC1SCC2NC(=O)NC21)C(=O)O.NC(CCCCNC(=O)CCCCC1SC[C@@H]2NC(=O)N[C@H]12)C(=O)O. The van der Waals surface area contributed by atoms with Crippen LogP contribution in [0.15, 0.2) is 0 Å². The Hall–Kier alpha value is -2.96. The van der Waals surface area contributed by atoms with Gasteiger partial charge in [0.25, 0.3) is 0 Å². The first kappa shape index (κ1) is 41.5. The topological polar surface area (TPSA) is 267 Å². The van der Waals surface area contributed by atoms with Crippen molar-refractivity contribution in [1.29, 1.82) is 0 Å². The smallest absolute Gasteiger partial charge is 0.320 e. The summed E-state index contributed by atoms with van der Waals surface area (Å²) < 4.78 is 0. The van der Waals surface area contributed by atoms with E-state index in [0.717, 1.165) is 62.9 Å². The van der Waals surface area contributed by atoms with Gasteiger partial charge in [0, 0.05) is 47.9 Å². The zero-order valence-corrected chi connectivity index (χ0v) is 30.3. The van der Waals surface area contributed by atoms with Crippen LogP contribution in [-0.2, 0) is 19.2 Å². The summed E-state index contributed by atoms with van der Waals surface area (Å²) in [6.45, 7) is 1.12. The maximum atomic E-state index is 11.8. The van der Waals surface area contributed by atoms with Crippen LogP contribution in [0, 0.1) is 0 Å². The third kappa shape index (κ3) is 14.7. The Bertz CT molecular complexity index is 1070. The highest BCUT2D eigenvalue weighted by molar-refractivity contribution is 8.00. The summed E-state index contributed by atoms with van der Waals surface area (Å²) in [6.07, 6.45) is 10.4. The number of hydrogen-bond donors (Lipinski definition) is 10. The lowest BCUT2D eigenvalue weighted by molar-refractivity contribution is -0.139. The summed E-state index contributed by atoms with van der Waals surface area (Å²) in [6, 6.07) is -0.813. The van der Waals surface area contributed by atoms with Crippen LogP contribution in [-0.4, -0.2) is 117 Å². The van der Waals surface area contributed by atoms with Crippen LogP contribution < -0.4 is 43.4 Å². The second-order valence-corrected chi connectivity index (χ2v) is 15.9. The van der Waals surface area contributed by atoms with E-state index >= 15 is 0 Å². The zero-order chi connectivity index (χ0) is 36.5. The molecule has 0 aromatic rings. The van der Waals surface area contributed by atoms with E-state index in [1.807, 2.05) is 23.5 Å². The molecule has 0 spiro atoms. The van der Waals surface area contributed by atoms with Crippen molar-refractivity contribution in [3.8, 4) is 0 Å². The Kier molecular flexibility index (Phi) is 18.3. The number of nitrogens with one attached hydrogen (secondary N) is 6. The van der Waals surface area contributed by atoms with Gasteiger partial charge in [0.05, 0.1) is 24.2 Å². The fourth-order valence-corrected chi connectivity index (χ4v) is 9.49. The van der Waals surface area contributed by atoms with Crippen molar-refractivity contribution in [3.05, 3.63) is 0 Å². The molecule has 284 valence electrons. The van der Waals surface area contributed by atoms with Crippen molar-refractivity contribution in [2.24, 2.45) is 11.5 Å². The number of unbranched alkanes of at least 4 members (excludes halogenated alkanes) is 4. The highest BCUT2D eigenvalue weighted by atomic mass is 32.2. The van der Waals surface area contributed by atoms with E-state index in [9.17, 15) is 28.8 Å². The van der Waals surface area contributed by atoms with Gasteiger partial charge in [0.2, 0.25) is 11.8 Å². The van der Waals surface area contributed by atoms with Gasteiger partial charge >= 0.3 is 24.0 Å². The third-order valence-corrected chi connectivity index (χ3v) is 12.3. The second kappa shape index (κ2) is 22.1. The van der Waals surface area contributed by atoms with Crippen LogP contribution in [0.2, 0.25) is 0 Å². The van der Waals surface area contributed by atoms with Gasteiger partial charge < -0.3 is 53.6 Å². The lowest BCUT2D eigenvalue weighted by Gasteiger charge is -2.16. The van der Waals surface area contributed by atoms with Crippen molar-refractivity contribution in [3.63, 3.8) is 0 Å². The fraction of sp³-hybridized carbons (Fsp3) is 0.812. The normalized spacial score (nSPS) is 25.8. The first-order valence-corrected chi connectivity index (χ1v) is 19.9. The minimum absolute atomic E-state index is 0.0373. The number of nitrogens with two attached hydrogens (primary N) is 2. The monoisotopic (exact) mass is 744 g/mol. The summed E-state index contributed by atoms with van der Waals surface area (Å²) in [7, 11) is 0. The molecule has 4 heterocycles. The highest BCUT2D eigenvalue weighted by Crippen LogP contribution is 2.34. The van der Waals surface area contributed by atoms with Crippen LogP contribution in [0.1, 0.15) is 89.9 Å². The highest BCUT2D eigenvalue weighted by Gasteiger charge is 2.43. The Balaban J connectivity index is 0.000000270. The maximum absolute atomic E-state index is 11.8. The number of carboxylic acid groups (broad SMARTS) is 2. The Labute approximate surface area is 302 Å². The average Bonchev–Trinajstić information content (AvgIpc) is 3.83. The number of carbonyl (C=O) groups excluding carboxylic acids is 4. The summed E-state index contributed by atoms with van der Waals surface area (Å²) in [4.78, 5) is 67.3. The average molecular weight is 745 g/mol. The van der Waals surface area contributed by atoms with Crippen LogP contribution in [0.4, 0.5) is 9.59 Å². The van der Waals surface area contributed by atoms with E-state index in [2.05, 4.69) is 31.9 Å². The zero-order valence-electron chi connectivity index (χ0n) is 28.7. The van der Waals surface area contributed by atoms with Gasteiger partial charge in [0.15, 0.2) is 0 Å². The lowest BCUT2D eigenvalue weighted by Crippen LogP contribution is -2.36. The summed E-state index contributed by atoms with van der Waals surface area (Å²) >= 11 is 3.78. The van der Waals surface area contributed by atoms with Crippen LogP contribution in [0.5, 0.6) is 0 Å². The minimum atomic E-state index is -0.983. The van der Waals surface area contributed by atoms with Gasteiger partial charge in [-0.15, -0.1) is 0 Å². The molecule has 18 heteroatoms. The summed E-state index contributed by atoms with van der Waals surface area (Å²) in [5.41, 5.74) is 10.8. The van der Waals surface area contributed by atoms with E-state index in [4.69, 9.17) is 21.7 Å². The molecule has 16 nitrogen and oxygen atoms in total. The molecule has 8 atom stereocenters. The molecule has 0 bridgehead atoms. The third-order valence-electron chi connectivity index (χ3n) is 9.32. The molecule has 0 saturated carbocycles. The first-order valence-electron chi connectivity index (χ1n) is 17.8. The molecule has 4 rings (SSSR count). The van der Waals surface area contributed by atoms with Gasteiger partial charge in [-0.3, -0.25) is 19.2 Å². The van der Waals surface area contributed by atoms with Crippen molar-refractivity contribution in [2.75, 3.05) is 24.6 Å². The fourth-order valence-electron chi connectivity index (χ4n) is 6.41. The Morgan fingerprint density at radius 2 is 1.04 bits per heavy atom. The molecular weight excluding hydrogens is 689 g/mol. The van der Waals surface area contributed by atoms with Crippen molar-refractivity contribution in [2.45, 2.75) is 137 Å². The van der Waals surface area contributed by atoms with Gasteiger partial charge in [0.1, 0.15) is 12.1 Å². The molecule has 4 fully saturated rings. The van der Waals surface area contributed by atoms with Gasteiger partial charge in [-0.2, -0.15) is 23.5 Å². The number of carboxylic acids is 2. The molecule has 0 aliphatic carbocycles. The van der Waals surface area contributed by atoms with Crippen LogP contribution >= 0.6 is 23.5 Å². The number of urea groups is 2. The molecule has 4 aliphatic rings. The van der Waals surface area contributed by atoms with E-state index in [0.29, 0.717) is 62.1 Å². The van der Waals surface area contributed by atoms with Gasteiger partial charge in [-0.25, -0.2) is 9.59 Å². The van der Waals surface area contributed by atoms with Crippen LogP contribution in [0.3, 0.4) is 0 Å². The second-order valence-electron chi connectivity index (χ2n) is 13.3. The number of thioether (sulfide) groups is 2. The van der Waals surface area contributed by atoms with Crippen LogP contribution in [0.25, 0.3) is 0 Å². The van der Waals surface area contributed by atoms with E-state index in [1.165, 1.54) is 0 Å². The predicted octanol–water partition coefficient (Wildman–Crippen LogP) is 0.821. The van der Waals surface area contributed by atoms with E-state index < -0.39 is 24.0 Å². The molecular formula is C32H56N8O8S2. The van der Waals surface area contributed by atoms with Crippen molar-refractivity contribution < 1.29 is 39.0 Å². The summed E-state index contributed by atoms with van der Waals surface area (Å²) in [5.74, 6) is 0.0262. The standard InChI is InChI=1S/2C16H28N4O4S/c2*17-10(15(22)23)5-3-4-8-18-13(21)7-2-1-6-12-14-11(9-25-12)19-16(24)20-14/h2*10-12,14H,1-9,17H2,(H,18,21)(H,22,23)(H2,19,20,24)/t10?,11-,12?,14-;/m0./s1. The number of aliphatic carboxylic acids is 2. The number of hydrogen-bond acceptors (Lipinski definition) is 10. The lowest BCUT2D eigenvalue weighted by atomic mass is 10.0. The molecule has 0 radical (unpaired) electrons. The minimum Gasteiger partial charge on any atom is -0.480 e. The quantitative estimate of drug-likeness (QED) is 0.0546. The molecule has 4 aliphatic heterocycles. The van der Waals surface area contributed by atoms with Crippen molar-refractivity contribution >= 4 is 59.3 Å². The molecule has 0 aromatic heterocycles. The van der Waals surface area contributed by atoms with E-state index in [-0.39, 0.29) is 48.0 Å². The van der Waals surface area contributed by atoms with Crippen molar-refractivity contribution in [1.82, 2.24) is 31.9 Å². The maximum Gasteiger partial charge on any atom is 0.320 e. The molecule has 0 aromatic carbocycles. The number of amides is 6. The number of rotatable bonds is 22. The van der Waals surface area contributed by atoms with Gasteiger partial charge in [-0.05, 0) is 64.2 Å². The van der Waals surface area contributed by atoms with Gasteiger partial charge in [-0.1, -0.05) is 12.8 Å². The summed E-state index contributed by atoms with van der Waals surface area (Å²) in [5, 5.41) is 35.7. The molecule has 6 amide bonds. The molecule has 4 saturated heterocycles. The predicted molar refractivity (Wildman–Crippen MR) is 193 cm³/mol. The molecule has 50 heavy (non-hydrogen) atoms. The van der Waals surface area contributed by atoms with E-state index in [1.54, 1.807) is 0 Å².